The van der Waals surface area contributed by atoms with Gasteiger partial charge in [-0.15, -0.1) is 0 Å². The molecule has 2 aliphatic heterocycles. The van der Waals surface area contributed by atoms with Crippen molar-refractivity contribution in [2.75, 3.05) is 33.2 Å². The van der Waals surface area contributed by atoms with Gasteiger partial charge in [0.1, 0.15) is 0 Å². The lowest BCUT2D eigenvalue weighted by Gasteiger charge is -2.39. The van der Waals surface area contributed by atoms with Crippen LogP contribution in [-0.2, 0) is 4.79 Å². The van der Waals surface area contributed by atoms with E-state index in [4.69, 9.17) is 0 Å². The van der Waals surface area contributed by atoms with Crippen molar-refractivity contribution in [3.63, 3.8) is 0 Å². The molecule has 4 nitrogen and oxygen atoms in total. The predicted octanol–water partition coefficient (Wildman–Crippen LogP) is 1.07. The lowest BCUT2D eigenvalue weighted by Crippen LogP contribution is -2.56. The van der Waals surface area contributed by atoms with E-state index in [-0.39, 0.29) is 5.91 Å². The molecule has 0 aromatic heterocycles. The Balaban J connectivity index is 1.84. The Bertz CT molecular complexity index is 289. The minimum absolute atomic E-state index is 0.241. The summed E-state index contributed by atoms with van der Waals surface area (Å²) in [5.74, 6) is 0.241. The van der Waals surface area contributed by atoms with Crippen molar-refractivity contribution >= 4 is 5.91 Å². The highest BCUT2D eigenvalue weighted by Gasteiger charge is 2.34. The van der Waals surface area contributed by atoms with Gasteiger partial charge in [0.2, 0.25) is 5.91 Å². The molecular formula is C14H27N3O. The molecule has 18 heavy (non-hydrogen) atoms. The molecule has 0 atom stereocenters. The summed E-state index contributed by atoms with van der Waals surface area (Å²) in [5.41, 5.74) is -0.430. The van der Waals surface area contributed by atoms with Crippen LogP contribution in [0.25, 0.3) is 0 Å². The van der Waals surface area contributed by atoms with Gasteiger partial charge in [0.25, 0.3) is 0 Å². The number of likely N-dealkylation sites (N-methyl/N-ethyl adjacent to an activating group) is 1. The normalized spacial score (nSPS) is 23.6. The van der Waals surface area contributed by atoms with Crippen LogP contribution in [0.1, 0.15) is 39.5 Å². The number of rotatable bonds is 3. The van der Waals surface area contributed by atoms with Gasteiger partial charge >= 0.3 is 0 Å². The summed E-state index contributed by atoms with van der Waals surface area (Å²) < 4.78 is 0. The molecule has 0 bridgehead atoms. The first kappa shape index (κ1) is 13.8. The average Bonchev–Trinajstić information content (AvgIpc) is 2.92. The second kappa shape index (κ2) is 5.57. The lowest BCUT2D eigenvalue weighted by molar-refractivity contribution is -0.138. The van der Waals surface area contributed by atoms with Crippen LogP contribution in [0.2, 0.25) is 0 Å². The Morgan fingerprint density at radius 2 is 1.67 bits per heavy atom. The van der Waals surface area contributed by atoms with E-state index in [1.54, 1.807) is 0 Å². The maximum atomic E-state index is 12.3. The van der Waals surface area contributed by atoms with E-state index in [0.717, 1.165) is 25.9 Å². The number of carbonyl (C=O) groups is 1. The van der Waals surface area contributed by atoms with E-state index in [0.29, 0.717) is 6.04 Å². The molecule has 2 aliphatic rings. The second-order valence-corrected chi connectivity index (χ2v) is 6.14. The Morgan fingerprint density at radius 3 is 2.17 bits per heavy atom. The number of hydrogen-bond donors (Lipinski definition) is 1. The summed E-state index contributed by atoms with van der Waals surface area (Å²) in [6.45, 7) is 8.29. The average molecular weight is 253 g/mol. The van der Waals surface area contributed by atoms with Crippen molar-refractivity contribution in [3.8, 4) is 0 Å². The summed E-state index contributed by atoms with van der Waals surface area (Å²) in [4.78, 5) is 17.0. The standard InChI is InChI=1S/C14H27N3O/c1-14(2,15-3)13(18)17-10-6-12(7-11-17)16-8-4-5-9-16/h12,15H,4-11H2,1-3H3. The molecule has 1 N–H and O–H groups in total. The first-order chi connectivity index (χ1) is 8.54. The van der Waals surface area contributed by atoms with Crippen LogP contribution < -0.4 is 5.32 Å². The molecule has 0 spiro atoms. The number of nitrogens with zero attached hydrogens (tertiary/aromatic N) is 2. The van der Waals surface area contributed by atoms with E-state index in [9.17, 15) is 4.79 Å². The zero-order valence-electron chi connectivity index (χ0n) is 12.0. The quantitative estimate of drug-likeness (QED) is 0.817. The van der Waals surface area contributed by atoms with Crippen molar-refractivity contribution in [1.82, 2.24) is 15.1 Å². The van der Waals surface area contributed by atoms with Gasteiger partial charge in [0.05, 0.1) is 5.54 Å². The van der Waals surface area contributed by atoms with Crippen LogP contribution >= 0.6 is 0 Å². The monoisotopic (exact) mass is 253 g/mol. The van der Waals surface area contributed by atoms with Gasteiger partial charge in [-0.2, -0.15) is 0 Å². The topological polar surface area (TPSA) is 35.6 Å². The zero-order chi connectivity index (χ0) is 13.2. The van der Waals surface area contributed by atoms with Crippen molar-refractivity contribution in [1.29, 1.82) is 0 Å². The molecule has 0 aromatic carbocycles. The fourth-order valence-electron chi connectivity index (χ4n) is 3.04. The molecule has 0 aromatic rings. The molecule has 2 rings (SSSR count). The first-order valence-electron chi connectivity index (χ1n) is 7.27. The maximum Gasteiger partial charge on any atom is 0.242 e. The van der Waals surface area contributed by atoms with Gasteiger partial charge in [-0.3, -0.25) is 4.79 Å². The third-order valence-corrected chi connectivity index (χ3v) is 4.57. The Kier molecular flexibility index (Phi) is 4.28. The lowest BCUT2D eigenvalue weighted by atomic mass is 9.99. The summed E-state index contributed by atoms with van der Waals surface area (Å²) in [7, 11) is 1.86. The number of carbonyl (C=O) groups excluding carboxylic acids is 1. The summed E-state index contributed by atoms with van der Waals surface area (Å²) in [5, 5.41) is 3.10. The minimum Gasteiger partial charge on any atom is -0.341 e. The van der Waals surface area contributed by atoms with E-state index < -0.39 is 5.54 Å². The van der Waals surface area contributed by atoms with E-state index in [1.165, 1.54) is 25.9 Å². The molecular weight excluding hydrogens is 226 g/mol. The fraction of sp³-hybridized carbons (Fsp3) is 0.929. The molecule has 2 fully saturated rings. The van der Waals surface area contributed by atoms with E-state index in [2.05, 4.69) is 10.2 Å². The molecule has 0 unspecified atom stereocenters. The van der Waals surface area contributed by atoms with Crippen LogP contribution in [0.4, 0.5) is 0 Å². The number of likely N-dealkylation sites (tertiary alicyclic amines) is 2. The predicted molar refractivity (Wildman–Crippen MR) is 73.5 cm³/mol. The van der Waals surface area contributed by atoms with Gasteiger partial charge in [0, 0.05) is 19.1 Å². The first-order valence-corrected chi connectivity index (χ1v) is 7.27. The summed E-state index contributed by atoms with van der Waals surface area (Å²) in [6, 6.07) is 0.717. The van der Waals surface area contributed by atoms with Gasteiger partial charge in [-0.05, 0) is 59.7 Å². The number of amides is 1. The summed E-state index contributed by atoms with van der Waals surface area (Å²) >= 11 is 0. The largest absolute Gasteiger partial charge is 0.341 e. The SMILES string of the molecule is CNC(C)(C)C(=O)N1CCC(N2CCCC2)CC1. The van der Waals surface area contributed by atoms with Crippen molar-refractivity contribution in [3.05, 3.63) is 0 Å². The summed E-state index contributed by atoms with van der Waals surface area (Å²) in [6.07, 6.45) is 4.99. The maximum absolute atomic E-state index is 12.3. The van der Waals surface area contributed by atoms with Crippen molar-refractivity contribution < 1.29 is 4.79 Å². The van der Waals surface area contributed by atoms with Gasteiger partial charge in [-0.25, -0.2) is 0 Å². The molecule has 0 saturated carbocycles. The molecule has 2 saturated heterocycles. The molecule has 0 radical (unpaired) electrons. The van der Waals surface area contributed by atoms with Gasteiger partial charge in [0.15, 0.2) is 0 Å². The number of piperidine rings is 1. The van der Waals surface area contributed by atoms with Crippen molar-refractivity contribution in [2.24, 2.45) is 0 Å². The highest BCUT2D eigenvalue weighted by molar-refractivity contribution is 5.85. The minimum atomic E-state index is -0.430. The van der Waals surface area contributed by atoms with Crippen LogP contribution in [0, 0.1) is 0 Å². The third kappa shape index (κ3) is 2.86. The van der Waals surface area contributed by atoms with Gasteiger partial charge < -0.3 is 15.1 Å². The highest BCUT2D eigenvalue weighted by atomic mass is 16.2. The van der Waals surface area contributed by atoms with Crippen LogP contribution in [0.5, 0.6) is 0 Å². The number of hydrogen-bond acceptors (Lipinski definition) is 3. The molecule has 2 heterocycles. The Hall–Kier alpha value is -0.610. The van der Waals surface area contributed by atoms with Crippen LogP contribution in [0.3, 0.4) is 0 Å². The molecule has 0 aliphatic carbocycles. The Morgan fingerprint density at radius 1 is 1.11 bits per heavy atom. The smallest absolute Gasteiger partial charge is 0.242 e. The second-order valence-electron chi connectivity index (χ2n) is 6.14. The molecule has 1 amide bonds. The molecule has 4 heteroatoms. The van der Waals surface area contributed by atoms with Gasteiger partial charge in [-0.1, -0.05) is 0 Å². The van der Waals surface area contributed by atoms with Crippen LogP contribution in [0.15, 0.2) is 0 Å². The zero-order valence-corrected chi connectivity index (χ0v) is 12.0. The van der Waals surface area contributed by atoms with E-state index in [1.807, 2.05) is 25.8 Å². The van der Waals surface area contributed by atoms with Crippen molar-refractivity contribution in [2.45, 2.75) is 51.1 Å². The fourth-order valence-corrected chi connectivity index (χ4v) is 3.04. The highest BCUT2D eigenvalue weighted by Crippen LogP contribution is 2.22. The van der Waals surface area contributed by atoms with E-state index >= 15 is 0 Å². The van der Waals surface area contributed by atoms with Crippen LogP contribution in [-0.4, -0.2) is 60.5 Å². The number of nitrogens with one attached hydrogen (secondary N) is 1. The Labute approximate surface area is 111 Å². The third-order valence-electron chi connectivity index (χ3n) is 4.57. The molecule has 104 valence electrons.